The van der Waals surface area contributed by atoms with Crippen molar-refractivity contribution < 1.29 is 4.79 Å². The van der Waals surface area contributed by atoms with Crippen molar-refractivity contribution in [3.8, 4) is 0 Å². The Morgan fingerprint density at radius 2 is 1.88 bits per heavy atom. The van der Waals surface area contributed by atoms with E-state index >= 15 is 0 Å². The highest BCUT2D eigenvalue weighted by molar-refractivity contribution is 6.31. The molecule has 1 amide bonds. The number of nitrogens with zero attached hydrogens (tertiary/aromatic N) is 4. The molecule has 1 aliphatic heterocycles. The van der Waals surface area contributed by atoms with Gasteiger partial charge in [0.25, 0.3) is 5.91 Å². The van der Waals surface area contributed by atoms with Crippen molar-refractivity contribution in [2.24, 2.45) is 0 Å². The van der Waals surface area contributed by atoms with E-state index in [4.69, 9.17) is 11.6 Å². The Morgan fingerprint density at radius 1 is 1.12 bits per heavy atom. The number of hydrogen-bond acceptors (Lipinski definition) is 3. The quantitative estimate of drug-likeness (QED) is 0.673. The zero-order valence-corrected chi connectivity index (χ0v) is 14.3. The summed E-state index contributed by atoms with van der Waals surface area (Å²) in [5.41, 5.74) is 2.83. The molecule has 2 aromatic carbocycles. The van der Waals surface area contributed by atoms with Crippen molar-refractivity contribution >= 4 is 46.6 Å². The molecule has 4 rings (SSSR count). The lowest BCUT2D eigenvalue weighted by Crippen LogP contribution is -2.25. The molecule has 0 aliphatic carbocycles. The molecular formula is C19H15ClN4O. The average Bonchev–Trinajstić information content (AvgIpc) is 3.04. The van der Waals surface area contributed by atoms with Crippen LogP contribution in [-0.2, 0) is 0 Å². The first-order valence-corrected chi connectivity index (χ1v) is 8.12. The number of halogens is 1. The fourth-order valence-electron chi connectivity index (χ4n) is 3.01. The molecule has 0 saturated carbocycles. The van der Waals surface area contributed by atoms with E-state index in [1.54, 1.807) is 34.1 Å². The van der Waals surface area contributed by atoms with Crippen LogP contribution in [0.3, 0.4) is 0 Å². The van der Waals surface area contributed by atoms with Crippen molar-refractivity contribution in [1.82, 2.24) is 9.78 Å². The Kier molecular flexibility index (Phi) is 3.58. The standard InChI is InChI=1S/C19H15ClN4O/c1-3-23-12-15-18(21-23)22(2)16-10-9-13(20)11-17(16)24(19(15)25)14-7-5-4-6-8-14/h3-12H,1H2,2H3. The fourth-order valence-corrected chi connectivity index (χ4v) is 3.18. The molecule has 0 saturated heterocycles. The third-order valence-electron chi connectivity index (χ3n) is 4.20. The minimum atomic E-state index is -0.165. The molecule has 0 unspecified atom stereocenters. The number of amides is 1. The zero-order valence-electron chi connectivity index (χ0n) is 13.6. The van der Waals surface area contributed by atoms with Crippen molar-refractivity contribution in [2.75, 3.05) is 16.8 Å². The third-order valence-corrected chi connectivity index (χ3v) is 4.44. The molecule has 0 atom stereocenters. The van der Waals surface area contributed by atoms with E-state index in [9.17, 15) is 4.79 Å². The molecule has 0 radical (unpaired) electrons. The van der Waals surface area contributed by atoms with Gasteiger partial charge in [0.05, 0.1) is 11.4 Å². The van der Waals surface area contributed by atoms with Gasteiger partial charge in [-0.25, -0.2) is 4.68 Å². The van der Waals surface area contributed by atoms with Crippen molar-refractivity contribution in [3.63, 3.8) is 0 Å². The van der Waals surface area contributed by atoms with E-state index in [2.05, 4.69) is 11.7 Å². The van der Waals surface area contributed by atoms with Gasteiger partial charge in [-0.1, -0.05) is 36.4 Å². The second-order valence-electron chi connectivity index (χ2n) is 5.70. The van der Waals surface area contributed by atoms with Crippen molar-refractivity contribution in [1.29, 1.82) is 0 Å². The van der Waals surface area contributed by atoms with Crippen molar-refractivity contribution in [2.45, 2.75) is 0 Å². The minimum Gasteiger partial charge on any atom is -0.326 e. The fraction of sp³-hybridized carbons (Fsp3) is 0.0526. The number of benzene rings is 2. The van der Waals surface area contributed by atoms with Gasteiger partial charge >= 0.3 is 0 Å². The Balaban J connectivity index is 2.03. The number of para-hydroxylation sites is 1. The maximum atomic E-state index is 13.4. The molecule has 6 heteroatoms. The number of rotatable bonds is 2. The molecule has 124 valence electrons. The van der Waals surface area contributed by atoms with Crippen LogP contribution in [0.2, 0.25) is 5.02 Å². The maximum absolute atomic E-state index is 13.4. The monoisotopic (exact) mass is 350 g/mol. The van der Waals surface area contributed by atoms with Gasteiger partial charge in [-0.3, -0.25) is 9.69 Å². The minimum absolute atomic E-state index is 0.165. The summed E-state index contributed by atoms with van der Waals surface area (Å²) in [6, 6.07) is 15.0. The van der Waals surface area contributed by atoms with Gasteiger partial charge in [0.15, 0.2) is 5.82 Å². The molecule has 1 aliphatic rings. The molecule has 5 nitrogen and oxygen atoms in total. The number of hydrogen-bond donors (Lipinski definition) is 0. The van der Waals surface area contributed by atoms with Crippen LogP contribution in [0.4, 0.5) is 22.9 Å². The number of anilines is 4. The van der Waals surface area contributed by atoms with Gasteiger partial charge in [0, 0.05) is 30.2 Å². The van der Waals surface area contributed by atoms with Crippen LogP contribution in [-0.4, -0.2) is 22.7 Å². The van der Waals surface area contributed by atoms with Crippen LogP contribution < -0.4 is 9.80 Å². The Bertz CT molecular complexity index is 980. The molecule has 25 heavy (non-hydrogen) atoms. The van der Waals surface area contributed by atoms with E-state index in [0.717, 1.165) is 11.4 Å². The summed E-state index contributed by atoms with van der Waals surface area (Å²) in [7, 11) is 1.88. The van der Waals surface area contributed by atoms with Crippen LogP contribution in [0, 0.1) is 0 Å². The second-order valence-corrected chi connectivity index (χ2v) is 6.13. The summed E-state index contributed by atoms with van der Waals surface area (Å²) in [5.74, 6) is 0.411. The Morgan fingerprint density at radius 3 is 2.60 bits per heavy atom. The molecule has 3 aromatic rings. The zero-order chi connectivity index (χ0) is 17.6. The molecule has 1 aromatic heterocycles. The van der Waals surface area contributed by atoms with E-state index in [1.807, 2.05) is 48.3 Å². The predicted molar refractivity (Wildman–Crippen MR) is 101 cm³/mol. The first kappa shape index (κ1) is 15.5. The summed E-state index contributed by atoms with van der Waals surface area (Å²) in [4.78, 5) is 16.9. The molecule has 0 bridgehead atoms. The Labute approximate surface area is 150 Å². The lowest BCUT2D eigenvalue weighted by molar-refractivity contribution is 0.100. The van der Waals surface area contributed by atoms with E-state index in [0.29, 0.717) is 22.1 Å². The van der Waals surface area contributed by atoms with Crippen LogP contribution in [0.25, 0.3) is 6.20 Å². The topological polar surface area (TPSA) is 41.4 Å². The SMILES string of the molecule is C=Cn1cc2c(n1)N(C)c1ccc(Cl)cc1N(c1ccccc1)C2=O. The third kappa shape index (κ3) is 2.40. The lowest BCUT2D eigenvalue weighted by atomic mass is 10.2. The number of carbonyl (C=O) groups is 1. The first-order chi connectivity index (χ1) is 12.1. The highest BCUT2D eigenvalue weighted by Gasteiger charge is 2.33. The molecule has 2 heterocycles. The van der Waals surface area contributed by atoms with Gasteiger partial charge in [0.2, 0.25) is 0 Å². The molecule has 0 N–H and O–H groups in total. The summed E-state index contributed by atoms with van der Waals surface area (Å²) in [5, 5.41) is 5.02. The van der Waals surface area contributed by atoms with Gasteiger partial charge < -0.3 is 4.90 Å². The van der Waals surface area contributed by atoms with Crippen LogP contribution >= 0.6 is 11.6 Å². The van der Waals surface area contributed by atoms with Crippen molar-refractivity contribution in [3.05, 3.63) is 71.9 Å². The van der Waals surface area contributed by atoms with Gasteiger partial charge in [-0.2, -0.15) is 0 Å². The summed E-state index contributed by atoms with van der Waals surface area (Å²) in [6.45, 7) is 3.72. The summed E-state index contributed by atoms with van der Waals surface area (Å²) in [6.07, 6.45) is 3.25. The van der Waals surface area contributed by atoms with Crippen LogP contribution in [0.1, 0.15) is 10.4 Å². The van der Waals surface area contributed by atoms with E-state index in [1.165, 1.54) is 0 Å². The average molecular weight is 351 g/mol. The first-order valence-electron chi connectivity index (χ1n) is 7.74. The molecular weight excluding hydrogens is 336 g/mol. The lowest BCUT2D eigenvalue weighted by Gasteiger charge is -2.25. The van der Waals surface area contributed by atoms with E-state index < -0.39 is 0 Å². The number of fused-ring (bicyclic) bond motifs is 2. The second kappa shape index (κ2) is 5.79. The molecule has 0 fully saturated rings. The van der Waals surface area contributed by atoms with Crippen LogP contribution in [0.15, 0.2) is 61.3 Å². The van der Waals surface area contributed by atoms with E-state index in [-0.39, 0.29) is 5.91 Å². The molecule has 0 spiro atoms. The maximum Gasteiger partial charge on any atom is 0.268 e. The summed E-state index contributed by atoms with van der Waals surface area (Å²) >= 11 is 6.22. The van der Waals surface area contributed by atoms with Gasteiger partial charge in [0.1, 0.15) is 5.56 Å². The highest BCUT2D eigenvalue weighted by atomic mass is 35.5. The largest absolute Gasteiger partial charge is 0.326 e. The highest BCUT2D eigenvalue weighted by Crippen LogP contribution is 2.43. The predicted octanol–water partition coefficient (Wildman–Crippen LogP) is 4.70. The normalized spacial score (nSPS) is 13.3. The smallest absolute Gasteiger partial charge is 0.268 e. The summed E-state index contributed by atoms with van der Waals surface area (Å²) < 4.78 is 1.54. The number of carbonyl (C=O) groups excluding carboxylic acids is 1. The van der Waals surface area contributed by atoms with Gasteiger partial charge in [-0.15, -0.1) is 5.10 Å². The van der Waals surface area contributed by atoms with Crippen LogP contribution in [0.5, 0.6) is 0 Å². The Hall–Kier alpha value is -3.05. The number of aromatic nitrogens is 2. The van der Waals surface area contributed by atoms with Gasteiger partial charge in [-0.05, 0) is 30.3 Å².